The highest BCUT2D eigenvalue weighted by Gasteiger charge is 2.21. The Kier molecular flexibility index (Phi) is 6.41. The third-order valence-electron chi connectivity index (χ3n) is 4.25. The summed E-state index contributed by atoms with van der Waals surface area (Å²) < 4.78 is 6.92. The molecule has 2 N–H and O–H groups in total. The van der Waals surface area contributed by atoms with E-state index in [1.54, 1.807) is 42.8 Å². The minimum Gasteiger partial charge on any atom is -0.449 e. The highest BCUT2D eigenvalue weighted by Crippen LogP contribution is 2.13. The van der Waals surface area contributed by atoms with Gasteiger partial charge in [0.25, 0.3) is 5.91 Å². The number of aromatic nitrogens is 3. The van der Waals surface area contributed by atoms with Gasteiger partial charge in [-0.05, 0) is 50.6 Å². The Hall–Kier alpha value is -3.75. The summed E-state index contributed by atoms with van der Waals surface area (Å²) >= 11 is 0. The molecule has 1 aromatic heterocycles. The van der Waals surface area contributed by atoms with Crippen LogP contribution in [0.2, 0.25) is 0 Å². The molecule has 3 aromatic rings. The second kappa shape index (κ2) is 9.17. The van der Waals surface area contributed by atoms with Crippen LogP contribution >= 0.6 is 0 Å². The Labute approximate surface area is 173 Å². The second-order valence-electron chi connectivity index (χ2n) is 7.10. The average Bonchev–Trinajstić information content (AvgIpc) is 3.10. The van der Waals surface area contributed by atoms with E-state index in [4.69, 9.17) is 4.74 Å². The summed E-state index contributed by atoms with van der Waals surface area (Å²) in [5, 5.41) is 12.9. The molecule has 30 heavy (non-hydrogen) atoms. The fourth-order valence-electron chi connectivity index (χ4n) is 2.75. The fraction of sp³-hybridized carbons (Fsp3) is 0.286. The van der Waals surface area contributed by atoms with E-state index in [1.807, 2.05) is 24.3 Å². The third kappa shape index (κ3) is 5.19. The minimum atomic E-state index is -1.11. The number of hydrogen-bond donors (Lipinski definition) is 2. The summed E-state index contributed by atoms with van der Waals surface area (Å²) in [7, 11) is 0. The predicted octanol–water partition coefficient (Wildman–Crippen LogP) is 2.26. The number of esters is 1. The summed E-state index contributed by atoms with van der Waals surface area (Å²) in [5.41, 5.74) is 2.96. The molecule has 0 aliphatic carbocycles. The summed E-state index contributed by atoms with van der Waals surface area (Å²) in [4.78, 5) is 35.9. The van der Waals surface area contributed by atoms with E-state index >= 15 is 0 Å². The van der Waals surface area contributed by atoms with E-state index in [-0.39, 0.29) is 6.04 Å². The second-order valence-corrected chi connectivity index (χ2v) is 7.10. The zero-order valence-electron chi connectivity index (χ0n) is 17.0. The van der Waals surface area contributed by atoms with Crippen molar-refractivity contribution in [2.75, 3.05) is 0 Å². The largest absolute Gasteiger partial charge is 0.449 e. The molecule has 0 bridgehead atoms. The maximum atomic E-state index is 12.3. The predicted molar refractivity (Wildman–Crippen MR) is 110 cm³/mol. The van der Waals surface area contributed by atoms with Gasteiger partial charge >= 0.3 is 12.0 Å². The van der Waals surface area contributed by atoms with Crippen LogP contribution in [0.1, 0.15) is 36.7 Å². The molecule has 1 atom stereocenters. The van der Waals surface area contributed by atoms with Crippen molar-refractivity contribution in [3.8, 4) is 0 Å². The molecule has 3 amide bonds. The highest BCUT2D eigenvalue weighted by atomic mass is 16.5. The third-order valence-corrected chi connectivity index (χ3v) is 4.25. The smallest absolute Gasteiger partial charge is 0.338 e. The maximum Gasteiger partial charge on any atom is 0.338 e. The molecular formula is C21H23N5O4. The lowest BCUT2D eigenvalue weighted by Gasteiger charge is -2.14. The van der Waals surface area contributed by atoms with Crippen LogP contribution in [0.3, 0.4) is 0 Å². The van der Waals surface area contributed by atoms with Gasteiger partial charge < -0.3 is 10.1 Å². The van der Waals surface area contributed by atoms with Crippen LogP contribution in [0.4, 0.5) is 4.79 Å². The lowest BCUT2D eigenvalue weighted by Crippen LogP contribution is -2.46. The van der Waals surface area contributed by atoms with Gasteiger partial charge in [0, 0.05) is 6.04 Å². The molecule has 9 nitrogen and oxygen atoms in total. The van der Waals surface area contributed by atoms with Gasteiger partial charge in [-0.2, -0.15) is 0 Å². The summed E-state index contributed by atoms with van der Waals surface area (Å²) in [5.74, 6) is -1.35. The van der Waals surface area contributed by atoms with Crippen molar-refractivity contribution in [3.63, 3.8) is 0 Å². The number of para-hydroxylation sites is 1. The Morgan fingerprint density at radius 1 is 1.03 bits per heavy atom. The summed E-state index contributed by atoms with van der Waals surface area (Å²) in [6.45, 7) is 5.44. The van der Waals surface area contributed by atoms with Crippen LogP contribution in [-0.4, -0.2) is 45.0 Å². The van der Waals surface area contributed by atoms with E-state index in [0.717, 1.165) is 16.6 Å². The Morgan fingerprint density at radius 3 is 2.43 bits per heavy atom. The van der Waals surface area contributed by atoms with Crippen LogP contribution < -0.4 is 10.6 Å². The molecule has 3 rings (SSSR count). The fourth-order valence-corrected chi connectivity index (χ4v) is 2.75. The summed E-state index contributed by atoms with van der Waals surface area (Å²) in [6.07, 6.45) is -1.11. The molecule has 1 heterocycles. The lowest BCUT2D eigenvalue weighted by molar-refractivity contribution is -0.127. The van der Waals surface area contributed by atoms with Gasteiger partial charge in [-0.15, -0.1) is 5.10 Å². The number of rotatable bonds is 6. The number of nitrogens with zero attached hydrogens (tertiary/aromatic N) is 3. The molecule has 2 aromatic carbocycles. The Balaban J connectivity index is 1.58. The first-order valence-electron chi connectivity index (χ1n) is 9.53. The van der Waals surface area contributed by atoms with E-state index < -0.39 is 24.0 Å². The van der Waals surface area contributed by atoms with Crippen molar-refractivity contribution < 1.29 is 19.1 Å². The number of hydrogen-bond acceptors (Lipinski definition) is 6. The average molecular weight is 409 g/mol. The van der Waals surface area contributed by atoms with E-state index in [0.29, 0.717) is 12.1 Å². The molecule has 0 spiro atoms. The Bertz CT molecular complexity index is 1060. The number of amides is 3. The van der Waals surface area contributed by atoms with Crippen molar-refractivity contribution in [2.24, 2.45) is 0 Å². The molecule has 9 heteroatoms. The van der Waals surface area contributed by atoms with E-state index in [1.165, 1.54) is 6.92 Å². The molecule has 0 fully saturated rings. The first-order valence-corrected chi connectivity index (χ1v) is 9.53. The topological polar surface area (TPSA) is 115 Å². The number of ether oxygens (including phenoxy) is 1. The molecular weight excluding hydrogens is 386 g/mol. The van der Waals surface area contributed by atoms with Crippen molar-refractivity contribution in [3.05, 3.63) is 59.7 Å². The van der Waals surface area contributed by atoms with Crippen LogP contribution in [0.15, 0.2) is 48.5 Å². The molecule has 0 unspecified atom stereocenters. The van der Waals surface area contributed by atoms with Gasteiger partial charge in [0.15, 0.2) is 6.10 Å². The SMILES string of the molecule is CC(C)NC(=O)NC(=O)[C@H](C)OC(=O)c1ccc(Cn2nnc3ccccc32)cc1. The van der Waals surface area contributed by atoms with Crippen molar-refractivity contribution in [1.29, 1.82) is 0 Å². The van der Waals surface area contributed by atoms with E-state index in [2.05, 4.69) is 20.9 Å². The van der Waals surface area contributed by atoms with Crippen molar-refractivity contribution >= 4 is 28.9 Å². The minimum absolute atomic E-state index is 0.121. The van der Waals surface area contributed by atoms with Gasteiger partial charge in [0.2, 0.25) is 0 Å². The molecule has 0 saturated heterocycles. The normalized spacial score (nSPS) is 11.9. The van der Waals surface area contributed by atoms with Gasteiger partial charge in [-0.3, -0.25) is 10.1 Å². The number of benzene rings is 2. The standard InChI is InChI=1S/C21H23N5O4/c1-13(2)22-21(29)23-19(27)14(3)30-20(28)16-10-8-15(9-11-16)12-26-18-7-5-4-6-17(18)24-25-26/h4-11,13-14H,12H2,1-3H3,(H2,22,23,27,29)/t14-/m0/s1. The molecule has 0 aliphatic heterocycles. The van der Waals surface area contributed by atoms with Crippen molar-refractivity contribution in [1.82, 2.24) is 25.6 Å². The number of imide groups is 1. The number of nitrogens with one attached hydrogen (secondary N) is 2. The van der Waals surface area contributed by atoms with Gasteiger partial charge in [-0.25, -0.2) is 14.3 Å². The Morgan fingerprint density at radius 2 is 1.73 bits per heavy atom. The molecule has 0 aliphatic rings. The first-order chi connectivity index (χ1) is 14.3. The molecule has 0 radical (unpaired) electrons. The first kappa shape index (κ1) is 21.0. The van der Waals surface area contributed by atoms with Crippen molar-refractivity contribution in [2.45, 2.75) is 39.5 Å². The van der Waals surface area contributed by atoms with Gasteiger partial charge in [0.1, 0.15) is 5.52 Å². The number of carbonyl (C=O) groups excluding carboxylic acids is 3. The van der Waals surface area contributed by atoms with E-state index in [9.17, 15) is 14.4 Å². The van der Waals surface area contributed by atoms with Crippen LogP contribution in [0.25, 0.3) is 11.0 Å². The monoisotopic (exact) mass is 409 g/mol. The van der Waals surface area contributed by atoms with Gasteiger partial charge in [-0.1, -0.05) is 29.5 Å². The quantitative estimate of drug-likeness (QED) is 0.604. The summed E-state index contributed by atoms with van der Waals surface area (Å²) in [6, 6.07) is 13.7. The maximum absolute atomic E-state index is 12.3. The molecule has 156 valence electrons. The zero-order chi connectivity index (χ0) is 21.7. The highest BCUT2D eigenvalue weighted by molar-refractivity contribution is 5.98. The zero-order valence-corrected chi connectivity index (χ0v) is 17.0. The van der Waals surface area contributed by atoms with Gasteiger partial charge in [0.05, 0.1) is 17.6 Å². The number of urea groups is 1. The lowest BCUT2D eigenvalue weighted by atomic mass is 10.1. The number of carbonyl (C=O) groups is 3. The van der Waals surface area contributed by atoms with Crippen LogP contribution in [-0.2, 0) is 16.1 Å². The van der Waals surface area contributed by atoms with Crippen LogP contribution in [0.5, 0.6) is 0 Å². The van der Waals surface area contributed by atoms with Crippen LogP contribution in [0, 0.1) is 0 Å². The molecule has 0 saturated carbocycles. The number of fused-ring (bicyclic) bond motifs is 1.